The summed E-state index contributed by atoms with van der Waals surface area (Å²) in [5.74, 6) is 0.972. The molecule has 1 fully saturated rings. The van der Waals surface area contributed by atoms with E-state index in [1.54, 1.807) is 49.6 Å². The lowest BCUT2D eigenvalue weighted by Crippen LogP contribution is -2.48. The Morgan fingerprint density at radius 2 is 1.63 bits per heavy atom. The Kier molecular flexibility index (Phi) is 8.56. The largest absolute Gasteiger partial charge is 0.497 e. The van der Waals surface area contributed by atoms with Gasteiger partial charge in [0.1, 0.15) is 11.5 Å². The molecule has 1 aliphatic rings. The van der Waals surface area contributed by atoms with Crippen LogP contribution in [0.5, 0.6) is 5.75 Å². The van der Waals surface area contributed by atoms with E-state index >= 15 is 0 Å². The first-order valence-electron chi connectivity index (χ1n) is 13.1. The highest BCUT2D eigenvalue weighted by Crippen LogP contribution is 2.27. The number of nitrogens with one attached hydrogen (secondary N) is 2. The van der Waals surface area contributed by atoms with E-state index in [4.69, 9.17) is 33.0 Å². The maximum atomic E-state index is 12.9. The molecule has 2 amide bonds. The zero-order valence-corrected chi connectivity index (χ0v) is 24.2. The van der Waals surface area contributed by atoms with Gasteiger partial charge in [0.05, 0.1) is 7.11 Å². The number of carbonyl (C=O) groups excluding carboxylic acids is 2. The molecule has 1 aliphatic heterocycles. The number of methoxy groups -OCH3 is 1. The molecule has 3 aromatic carbocycles. The summed E-state index contributed by atoms with van der Waals surface area (Å²) >= 11 is 11.5. The number of benzene rings is 3. The minimum Gasteiger partial charge on any atom is -0.497 e. The summed E-state index contributed by atoms with van der Waals surface area (Å²) in [4.78, 5) is 29.6. The third kappa shape index (κ3) is 6.70. The SMILES string of the molecule is COc1ccc(C(=O)N2CCN(c3ccc(NC(=S)NC(=O)c4ccc(-c5ccc(C)c(Cl)c5)o4)cc3)CC2)cc1. The lowest BCUT2D eigenvalue weighted by atomic mass is 10.1. The number of ether oxygens (including phenoxy) is 1. The number of halogens is 1. The van der Waals surface area contributed by atoms with E-state index < -0.39 is 5.91 Å². The number of anilines is 2. The molecule has 0 bridgehead atoms. The van der Waals surface area contributed by atoms with Gasteiger partial charge in [-0.3, -0.25) is 14.9 Å². The number of furan rings is 1. The zero-order chi connectivity index (χ0) is 28.9. The smallest absolute Gasteiger partial charge is 0.293 e. The Balaban J connectivity index is 1.11. The molecule has 10 heteroatoms. The number of hydrogen-bond acceptors (Lipinski definition) is 6. The van der Waals surface area contributed by atoms with Crippen molar-refractivity contribution in [1.82, 2.24) is 10.2 Å². The van der Waals surface area contributed by atoms with Crippen LogP contribution in [0.1, 0.15) is 26.5 Å². The third-order valence-electron chi connectivity index (χ3n) is 6.91. The summed E-state index contributed by atoms with van der Waals surface area (Å²) in [5, 5.41) is 6.47. The standard InChI is InChI=1S/C31H29ClN4O4S/c1-20-3-4-22(19-26(20)32)27-13-14-28(40-27)29(37)34-31(41)33-23-7-9-24(10-8-23)35-15-17-36(18-16-35)30(38)21-5-11-25(39-2)12-6-21/h3-14,19H,15-18H2,1-2H3,(H2,33,34,37,41). The van der Waals surface area contributed by atoms with Gasteiger partial charge in [0, 0.05) is 53.7 Å². The summed E-state index contributed by atoms with van der Waals surface area (Å²) in [7, 11) is 1.60. The minimum absolute atomic E-state index is 0.0210. The average Bonchev–Trinajstić information content (AvgIpc) is 3.49. The minimum atomic E-state index is -0.453. The highest BCUT2D eigenvalue weighted by atomic mass is 35.5. The van der Waals surface area contributed by atoms with Crippen LogP contribution in [0.25, 0.3) is 11.3 Å². The van der Waals surface area contributed by atoms with E-state index in [0.717, 1.165) is 41.3 Å². The Labute approximate surface area is 248 Å². The number of rotatable bonds is 6. The second-order valence-electron chi connectivity index (χ2n) is 9.59. The van der Waals surface area contributed by atoms with Crippen molar-refractivity contribution in [3.05, 3.63) is 101 Å². The van der Waals surface area contributed by atoms with Gasteiger partial charge in [0.2, 0.25) is 0 Å². The zero-order valence-electron chi connectivity index (χ0n) is 22.6. The van der Waals surface area contributed by atoms with Gasteiger partial charge in [-0.2, -0.15) is 0 Å². The van der Waals surface area contributed by atoms with Crippen molar-refractivity contribution in [2.45, 2.75) is 6.92 Å². The maximum absolute atomic E-state index is 12.9. The first kappa shape index (κ1) is 28.2. The second-order valence-corrected chi connectivity index (χ2v) is 10.4. The number of thiocarbonyl (C=S) groups is 1. The molecule has 1 aromatic heterocycles. The summed E-state index contributed by atoms with van der Waals surface area (Å²) in [6, 6.07) is 23.9. The summed E-state index contributed by atoms with van der Waals surface area (Å²) in [6.45, 7) is 4.63. The van der Waals surface area contributed by atoms with Crippen molar-refractivity contribution in [3.8, 4) is 17.1 Å². The fraction of sp³-hybridized carbons (Fsp3) is 0.194. The normalized spacial score (nSPS) is 13.0. The van der Waals surface area contributed by atoms with Crippen LogP contribution in [0, 0.1) is 6.92 Å². The molecule has 0 spiro atoms. The molecule has 0 radical (unpaired) electrons. The summed E-state index contributed by atoms with van der Waals surface area (Å²) in [5.41, 5.74) is 4.18. The van der Waals surface area contributed by atoms with Crippen molar-refractivity contribution in [2.24, 2.45) is 0 Å². The average molecular weight is 589 g/mol. The van der Waals surface area contributed by atoms with Crippen LogP contribution >= 0.6 is 23.8 Å². The molecule has 0 saturated carbocycles. The van der Waals surface area contributed by atoms with Crippen LogP contribution in [-0.2, 0) is 0 Å². The molecule has 210 valence electrons. The predicted molar refractivity (Wildman–Crippen MR) is 165 cm³/mol. The van der Waals surface area contributed by atoms with Crippen LogP contribution in [0.15, 0.2) is 83.3 Å². The Morgan fingerprint density at radius 3 is 2.29 bits per heavy atom. The van der Waals surface area contributed by atoms with E-state index in [-0.39, 0.29) is 16.8 Å². The van der Waals surface area contributed by atoms with Crippen molar-refractivity contribution in [3.63, 3.8) is 0 Å². The number of piperazine rings is 1. The molecule has 0 atom stereocenters. The van der Waals surface area contributed by atoms with Gasteiger partial charge < -0.3 is 24.3 Å². The molecule has 5 rings (SSSR count). The Hall–Kier alpha value is -4.34. The van der Waals surface area contributed by atoms with Gasteiger partial charge in [-0.1, -0.05) is 23.7 Å². The van der Waals surface area contributed by atoms with E-state index in [1.165, 1.54) is 0 Å². The third-order valence-corrected chi connectivity index (χ3v) is 7.52. The summed E-state index contributed by atoms with van der Waals surface area (Å²) < 4.78 is 10.9. The van der Waals surface area contributed by atoms with Crippen LogP contribution in [0.2, 0.25) is 5.02 Å². The highest BCUT2D eigenvalue weighted by Gasteiger charge is 2.22. The van der Waals surface area contributed by atoms with Gasteiger partial charge in [0.15, 0.2) is 10.9 Å². The van der Waals surface area contributed by atoms with Crippen LogP contribution < -0.4 is 20.3 Å². The van der Waals surface area contributed by atoms with Crippen LogP contribution in [0.4, 0.5) is 11.4 Å². The fourth-order valence-corrected chi connectivity index (χ4v) is 4.92. The van der Waals surface area contributed by atoms with Crippen molar-refractivity contribution in [2.75, 3.05) is 43.5 Å². The number of hydrogen-bond donors (Lipinski definition) is 2. The molecule has 0 aliphatic carbocycles. The molecule has 4 aromatic rings. The van der Waals surface area contributed by atoms with E-state index in [2.05, 4.69) is 15.5 Å². The molecule has 2 N–H and O–H groups in total. The van der Waals surface area contributed by atoms with E-state index in [9.17, 15) is 9.59 Å². The van der Waals surface area contributed by atoms with Gasteiger partial charge in [-0.15, -0.1) is 0 Å². The maximum Gasteiger partial charge on any atom is 0.293 e. The lowest BCUT2D eigenvalue weighted by Gasteiger charge is -2.36. The molecule has 8 nitrogen and oxygen atoms in total. The first-order chi connectivity index (χ1) is 19.8. The number of nitrogens with zero attached hydrogens (tertiary/aromatic N) is 2. The highest BCUT2D eigenvalue weighted by molar-refractivity contribution is 7.80. The molecular weight excluding hydrogens is 560 g/mol. The predicted octanol–water partition coefficient (Wildman–Crippen LogP) is 6.01. The lowest BCUT2D eigenvalue weighted by molar-refractivity contribution is 0.0746. The molecular formula is C31H29ClN4O4S. The fourth-order valence-electron chi connectivity index (χ4n) is 4.53. The second kappa shape index (κ2) is 12.4. The molecule has 41 heavy (non-hydrogen) atoms. The van der Waals surface area contributed by atoms with Crippen molar-refractivity contribution >= 4 is 52.1 Å². The topological polar surface area (TPSA) is 87.0 Å². The quantitative estimate of drug-likeness (QED) is 0.267. The molecule has 0 unspecified atom stereocenters. The van der Waals surface area contributed by atoms with Gasteiger partial charge in [-0.25, -0.2) is 0 Å². The first-order valence-corrected chi connectivity index (χ1v) is 13.9. The van der Waals surface area contributed by atoms with Gasteiger partial charge in [-0.05, 0) is 91.4 Å². The number of carbonyl (C=O) groups is 2. The number of amides is 2. The van der Waals surface area contributed by atoms with E-state index in [0.29, 0.717) is 29.4 Å². The van der Waals surface area contributed by atoms with Crippen LogP contribution in [0.3, 0.4) is 0 Å². The molecule has 2 heterocycles. The van der Waals surface area contributed by atoms with Gasteiger partial charge in [0.25, 0.3) is 11.8 Å². The Morgan fingerprint density at radius 1 is 0.927 bits per heavy atom. The van der Waals surface area contributed by atoms with E-state index in [1.807, 2.05) is 48.2 Å². The summed E-state index contributed by atoms with van der Waals surface area (Å²) in [6.07, 6.45) is 0. The number of aryl methyl sites for hydroxylation is 1. The molecule has 1 saturated heterocycles. The van der Waals surface area contributed by atoms with Crippen molar-refractivity contribution in [1.29, 1.82) is 0 Å². The van der Waals surface area contributed by atoms with Crippen LogP contribution in [-0.4, -0.2) is 55.1 Å². The van der Waals surface area contributed by atoms with Gasteiger partial charge >= 0.3 is 0 Å². The monoisotopic (exact) mass is 588 g/mol. The Bertz CT molecular complexity index is 1560. The van der Waals surface area contributed by atoms with Crippen molar-refractivity contribution < 1.29 is 18.7 Å².